The molecule has 186 valence electrons. The van der Waals surface area contributed by atoms with Crippen LogP contribution in [0.4, 0.5) is 0 Å². The van der Waals surface area contributed by atoms with Gasteiger partial charge in [0.25, 0.3) is 0 Å². The van der Waals surface area contributed by atoms with Crippen molar-refractivity contribution >= 4 is 15.9 Å². The molecule has 1 saturated heterocycles. The molecule has 2 N–H and O–H groups in total. The van der Waals surface area contributed by atoms with Crippen molar-refractivity contribution in [3.8, 4) is 0 Å². The maximum atomic E-state index is 4.09. The van der Waals surface area contributed by atoms with E-state index in [1.807, 2.05) is 0 Å². The van der Waals surface area contributed by atoms with Gasteiger partial charge in [0.2, 0.25) is 0 Å². The van der Waals surface area contributed by atoms with Crippen molar-refractivity contribution in [1.82, 2.24) is 15.5 Å². The van der Waals surface area contributed by atoms with Crippen molar-refractivity contribution in [1.29, 1.82) is 0 Å². The predicted octanol–water partition coefficient (Wildman–Crippen LogP) is 7.29. The molecule has 0 radical (unpaired) electrons. The monoisotopic (exact) mass is 517 g/mol. The molecule has 2 heterocycles. The number of hydrogen-bond donors (Lipinski definition) is 2. The van der Waals surface area contributed by atoms with Gasteiger partial charge in [-0.15, -0.1) is 0 Å². The Kier molecular flexibility index (Phi) is 9.37. The molecule has 0 aromatic heterocycles. The SMILES string of the molecule is C=C1CC(=CCN2C3=CCC(NCCC(CC(C)(C)CCNC)C(C)(C)CBr)=C2CCC3)C1. The van der Waals surface area contributed by atoms with Crippen molar-refractivity contribution in [2.45, 2.75) is 85.5 Å². The second-order valence-corrected chi connectivity index (χ2v) is 12.6. The van der Waals surface area contributed by atoms with Gasteiger partial charge in [-0.3, -0.25) is 0 Å². The van der Waals surface area contributed by atoms with E-state index < -0.39 is 0 Å². The Morgan fingerprint density at radius 1 is 1.18 bits per heavy atom. The molecule has 3 aliphatic rings. The Hall–Kier alpha value is -1.000. The molecule has 0 aromatic rings. The van der Waals surface area contributed by atoms with Crippen molar-refractivity contribution in [3.63, 3.8) is 0 Å². The zero-order valence-electron chi connectivity index (χ0n) is 22.0. The van der Waals surface area contributed by atoms with E-state index in [1.54, 1.807) is 17.0 Å². The molecule has 0 amide bonds. The smallest absolute Gasteiger partial charge is 0.0409 e. The lowest BCUT2D eigenvalue weighted by molar-refractivity contribution is 0.143. The van der Waals surface area contributed by atoms with Crippen molar-refractivity contribution < 1.29 is 0 Å². The standard InChI is InChI=1S/C29H48BrN3/c1-22-18-23(19-22)13-17-33-25-8-7-9-27(33)26(11-10-25)32-15-12-24(29(4,5)21-30)20-28(2,3)14-16-31-6/h10,13,24,31-32H,1,7-9,11-12,14-21H2,2-6H3. The molecular formula is C29H48BrN3. The van der Waals surface area contributed by atoms with E-state index >= 15 is 0 Å². The summed E-state index contributed by atoms with van der Waals surface area (Å²) in [6.07, 6.45) is 15.7. The lowest BCUT2D eigenvalue weighted by Gasteiger charge is -2.40. The van der Waals surface area contributed by atoms with E-state index in [1.165, 1.54) is 49.8 Å². The fourth-order valence-electron chi connectivity index (χ4n) is 5.61. The third-order valence-corrected chi connectivity index (χ3v) is 9.50. The van der Waals surface area contributed by atoms with E-state index in [2.05, 4.69) is 84.9 Å². The van der Waals surface area contributed by atoms with Crippen LogP contribution < -0.4 is 10.6 Å². The molecule has 0 aromatic carbocycles. The van der Waals surface area contributed by atoms with Crippen molar-refractivity contribution in [3.05, 3.63) is 47.0 Å². The number of piperidine rings is 1. The van der Waals surface area contributed by atoms with Crippen LogP contribution in [0.3, 0.4) is 0 Å². The second kappa shape index (κ2) is 11.6. The van der Waals surface area contributed by atoms with Gasteiger partial charge in [-0.2, -0.15) is 0 Å². The Balaban J connectivity index is 1.62. The van der Waals surface area contributed by atoms with Crippen LogP contribution in [0.2, 0.25) is 0 Å². The average Bonchev–Trinajstić information content (AvgIpc) is 2.75. The summed E-state index contributed by atoms with van der Waals surface area (Å²) in [5.74, 6) is 0.690. The van der Waals surface area contributed by atoms with Gasteiger partial charge in [0.1, 0.15) is 0 Å². The number of nitrogens with one attached hydrogen (secondary N) is 2. The Bertz CT molecular complexity index is 777. The van der Waals surface area contributed by atoms with Crippen molar-refractivity contribution in [2.24, 2.45) is 16.7 Å². The van der Waals surface area contributed by atoms with Gasteiger partial charge in [-0.1, -0.05) is 73.5 Å². The molecule has 1 atom stereocenters. The minimum atomic E-state index is 0.297. The van der Waals surface area contributed by atoms with Crippen LogP contribution in [0.15, 0.2) is 47.0 Å². The maximum Gasteiger partial charge on any atom is 0.0409 e. The van der Waals surface area contributed by atoms with Crippen molar-refractivity contribution in [2.75, 3.05) is 32.0 Å². The van der Waals surface area contributed by atoms with Crippen LogP contribution >= 0.6 is 15.9 Å². The average molecular weight is 519 g/mol. The molecule has 0 spiro atoms. The van der Waals surface area contributed by atoms with Crippen LogP contribution in [-0.4, -0.2) is 36.9 Å². The first-order chi connectivity index (χ1) is 15.6. The predicted molar refractivity (Wildman–Crippen MR) is 147 cm³/mol. The summed E-state index contributed by atoms with van der Waals surface area (Å²) in [5.41, 5.74) is 8.18. The summed E-state index contributed by atoms with van der Waals surface area (Å²) in [6.45, 7) is 17.0. The highest BCUT2D eigenvalue weighted by atomic mass is 79.9. The summed E-state index contributed by atoms with van der Waals surface area (Å²) in [7, 11) is 2.06. The molecule has 2 fully saturated rings. The third-order valence-electron chi connectivity index (χ3n) is 8.06. The van der Waals surface area contributed by atoms with E-state index in [-0.39, 0.29) is 0 Å². The number of fused-ring (bicyclic) bond motifs is 2. The normalized spacial score (nSPS) is 19.9. The maximum absolute atomic E-state index is 4.09. The summed E-state index contributed by atoms with van der Waals surface area (Å²) < 4.78 is 0. The topological polar surface area (TPSA) is 27.3 Å². The fourth-order valence-corrected chi connectivity index (χ4v) is 6.07. The van der Waals surface area contributed by atoms with Gasteiger partial charge < -0.3 is 15.5 Å². The Morgan fingerprint density at radius 2 is 1.94 bits per heavy atom. The molecule has 3 rings (SSSR count). The van der Waals surface area contributed by atoms with Gasteiger partial charge in [0.15, 0.2) is 0 Å². The highest BCUT2D eigenvalue weighted by Crippen LogP contribution is 2.41. The quantitative estimate of drug-likeness (QED) is 0.198. The summed E-state index contributed by atoms with van der Waals surface area (Å²) >= 11 is 3.82. The third kappa shape index (κ3) is 7.24. The van der Waals surface area contributed by atoms with Crippen LogP contribution in [0.5, 0.6) is 0 Å². The van der Waals surface area contributed by atoms with Crippen LogP contribution in [0.1, 0.15) is 85.5 Å². The minimum absolute atomic E-state index is 0.297. The number of rotatable bonds is 13. The highest BCUT2D eigenvalue weighted by molar-refractivity contribution is 9.09. The molecular weight excluding hydrogens is 470 g/mol. The molecule has 2 aliphatic heterocycles. The molecule has 1 saturated carbocycles. The highest BCUT2D eigenvalue weighted by Gasteiger charge is 2.33. The van der Waals surface area contributed by atoms with Crippen LogP contribution in [-0.2, 0) is 0 Å². The molecule has 1 aliphatic carbocycles. The Morgan fingerprint density at radius 3 is 2.61 bits per heavy atom. The van der Waals surface area contributed by atoms with E-state index in [4.69, 9.17) is 0 Å². The van der Waals surface area contributed by atoms with E-state index in [0.717, 1.165) is 44.2 Å². The molecule has 3 nitrogen and oxygen atoms in total. The van der Waals surface area contributed by atoms with Gasteiger partial charge in [0, 0.05) is 41.9 Å². The van der Waals surface area contributed by atoms with Crippen LogP contribution in [0, 0.1) is 16.7 Å². The minimum Gasteiger partial charge on any atom is -0.387 e. The second-order valence-electron chi connectivity index (χ2n) is 12.0. The molecule has 4 heteroatoms. The molecule has 2 bridgehead atoms. The number of allylic oxidation sites excluding steroid dienone is 5. The summed E-state index contributed by atoms with van der Waals surface area (Å²) in [5, 5.41) is 8.31. The first kappa shape index (κ1) is 26.6. The van der Waals surface area contributed by atoms with E-state index in [9.17, 15) is 0 Å². The number of alkyl halides is 1. The number of hydrogen-bond acceptors (Lipinski definition) is 3. The molecule has 1 unspecified atom stereocenters. The fraction of sp³-hybridized carbons (Fsp3) is 0.724. The first-order valence-corrected chi connectivity index (χ1v) is 14.2. The Labute approximate surface area is 212 Å². The number of nitrogens with zero attached hydrogens (tertiary/aromatic N) is 1. The zero-order valence-corrected chi connectivity index (χ0v) is 23.5. The largest absolute Gasteiger partial charge is 0.387 e. The van der Waals surface area contributed by atoms with E-state index in [0.29, 0.717) is 16.7 Å². The summed E-state index contributed by atoms with van der Waals surface area (Å²) in [4.78, 5) is 2.60. The summed E-state index contributed by atoms with van der Waals surface area (Å²) in [6, 6.07) is 0. The van der Waals surface area contributed by atoms with Gasteiger partial charge >= 0.3 is 0 Å². The number of halogens is 1. The lowest BCUT2D eigenvalue weighted by Crippen LogP contribution is -2.36. The van der Waals surface area contributed by atoms with Gasteiger partial charge in [-0.25, -0.2) is 0 Å². The van der Waals surface area contributed by atoms with Crippen LogP contribution in [0.25, 0.3) is 0 Å². The first-order valence-electron chi connectivity index (χ1n) is 13.1. The van der Waals surface area contributed by atoms with Gasteiger partial charge in [-0.05, 0) is 81.7 Å². The van der Waals surface area contributed by atoms with Gasteiger partial charge in [0.05, 0.1) is 0 Å². The zero-order chi connectivity index (χ0) is 24.1. The molecule has 33 heavy (non-hydrogen) atoms. The lowest BCUT2D eigenvalue weighted by atomic mass is 9.69.